The first-order chi connectivity index (χ1) is 8.81. The van der Waals surface area contributed by atoms with E-state index in [-0.39, 0.29) is 24.4 Å². The minimum absolute atomic E-state index is 0. The minimum atomic E-state index is -0.0484. The number of benzene rings is 1. The second-order valence-electron chi connectivity index (χ2n) is 4.45. The van der Waals surface area contributed by atoms with Gasteiger partial charge in [-0.15, -0.1) is 12.4 Å². The number of halogens is 1. The number of para-hydroxylation sites is 1. The molecule has 0 spiro atoms. The SMILES string of the molecule is CCOc1ccccc1C(=O)N[C@H]1CCCNC1.Cl. The summed E-state index contributed by atoms with van der Waals surface area (Å²) >= 11 is 0. The third-order valence-corrected chi connectivity index (χ3v) is 3.06. The molecule has 0 saturated carbocycles. The van der Waals surface area contributed by atoms with Gasteiger partial charge >= 0.3 is 0 Å². The van der Waals surface area contributed by atoms with Crippen molar-refractivity contribution in [2.24, 2.45) is 0 Å². The first kappa shape index (κ1) is 15.8. The Hall–Kier alpha value is -1.26. The molecule has 1 aliphatic rings. The standard InChI is InChI=1S/C14H20N2O2.ClH/c1-2-18-13-8-4-3-7-12(13)14(17)16-11-6-5-9-15-10-11;/h3-4,7-8,11,15H,2,5-6,9-10H2,1H3,(H,16,17);1H/t11-;/m0./s1. The second-order valence-corrected chi connectivity index (χ2v) is 4.45. The van der Waals surface area contributed by atoms with E-state index in [1.54, 1.807) is 6.07 Å². The number of hydrogen-bond acceptors (Lipinski definition) is 3. The normalized spacial score (nSPS) is 18.3. The molecule has 1 heterocycles. The van der Waals surface area contributed by atoms with Crippen LogP contribution in [0.5, 0.6) is 5.75 Å². The molecule has 0 unspecified atom stereocenters. The van der Waals surface area contributed by atoms with Crippen LogP contribution in [0.25, 0.3) is 0 Å². The number of carbonyl (C=O) groups is 1. The van der Waals surface area contributed by atoms with Gasteiger partial charge < -0.3 is 15.4 Å². The fourth-order valence-electron chi connectivity index (χ4n) is 2.17. The summed E-state index contributed by atoms with van der Waals surface area (Å²) in [6.07, 6.45) is 2.15. The highest BCUT2D eigenvalue weighted by atomic mass is 35.5. The highest BCUT2D eigenvalue weighted by Crippen LogP contribution is 2.18. The number of piperidine rings is 1. The van der Waals surface area contributed by atoms with Crippen LogP contribution < -0.4 is 15.4 Å². The highest BCUT2D eigenvalue weighted by Gasteiger charge is 2.18. The van der Waals surface area contributed by atoms with Gasteiger partial charge in [0.1, 0.15) is 5.75 Å². The molecule has 0 aromatic heterocycles. The number of carbonyl (C=O) groups excluding carboxylic acids is 1. The zero-order valence-corrected chi connectivity index (χ0v) is 12.0. The van der Waals surface area contributed by atoms with Gasteiger partial charge in [-0.2, -0.15) is 0 Å². The maximum absolute atomic E-state index is 12.2. The molecular weight excluding hydrogens is 264 g/mol. The van der Waals surface area contributed by atoms with E-state index in [9.17, 15) is 4.79 Å². The number of ether oxygens (including phenoxy) is 1. The molecule has 19 heavy (non-hydrogen) atoms. The van der Waals surface area contributed by atoms with Gasteiger partial charge in [0.05, 0.1) is 12.2 Å². The predicted octanol–water partition coefficient (Wildman–Crippen LogP) is 1.99. The average molecular weight is 285 g/mol. The fourth-order valence-corrected chi connectivity index (χ4v) is 2.17. The zero-order chi connectivity index (χ0) is 12.8. The van der Waals surface area contributed by atoms with E-state index < -0.39 is 0 Å². The van der Waals surface area contributed by atoms with Gasteiger partial charge in [0.25, 0.3) is 5.91 Å². The first-order valence-corrected chi connectivity index (χ1v) is 6.54. The van der Waals surface area contributed by atoms with Gasteiger partial charge in [0.2, 0.25) is 0 Å². The van der Waals surface area contributed by atoms with Crippen molar-refractivity contribution < 1.29 is 9.53 Å². The van der Waals surface area contributed by atoms with Crippen molar-refractivity contribution in [3.63, 3.8) is 0 Å². The van der Waals surface area contributed by atoms with E-state index >= 15 is 0 Å². The van der Waals surface area contributed by atoms with E-state index in [0.29, 0.717) is 17.9 Å². The van der Waals surface area contributed by atoms with Crippen molar-refractivity contribution in [3.8, 4) is 5.75 Å². The van der Waals surface area contributed by atoms with E-state index in [1.807, 2.05) is 25.1 Å². The molecular formula is C14H21ClN2O2. The molecule has 0 bridgehead atoms. The Morgan fingerprint density at radius 3 is 2.95 bits per heavy atom. The summed E-state index contributed by atoms with van der Waals surface area (Å²) in [6.45, 7) is 4.37. The van der Waals surface area contributed by atoms with Gasteiger partial charge in [-0.1, -0.05) is 12.1 Å². The van der Waals surface area contributed by atoms with E-state index in [4.69, 9.17) is 4.74 Å². The molecule has 2 rings (SSSR count). The van der Waals surface area contributed by atoms with Gasteiger partial charge in [-0.05, 0) is 38.4 Å². The van der Waals surface area contributed by atoms with E-state index in [2.05, 4.69) is 10.6 Å². The molecule has 1 aromatic rings. The fraction of sp³-hybridized carbons (Fsp3) is 0.500. The van der Waals surface area contributed by atoms with Crippen molar-refractivity contribution in [1.29, 1.82) is 0 Å². The summed E-state index contributed by atoms with van der Waals surface area (Å²) in [5.74, 6) is 0.606. The Balaban J connectivity index is 0.00000180. The molecule has 0 aliphatic carbocycles. The van der Waals surface area contributed by atoms with Gasteiger partial charge in [-0.3, -0.25) is 4.79 Å². The van der Waals surface area contributed by atoms with Crippen molar-refractivity contribution in [1.82, 2.24) is 10.6 Å². The molecule has 106 valence electrons. The van der Waals surface area contributed by atoms with Gasteiger partial charge in [0.15, 0.2) is 0 Å². The Morgan fingerprint density at radius 1 is 1.47 bits per heavy atom. The summed E-state index contributed by atoms with van der Waals surface area (Å²) in [4.78, 5) is 12.2. The van der Waals surface area contributed by atoms with Crippen LogP contribution in [0.3, 0.4) is 0 Å². The van der Waals surface area contributed by atoms with Gasteiger partial charge in [0, 0.05) is 12.6 Å². The van der Waals surface area contributed by atoms with Crippen molar-refractivity contribution >= 4 is 18.3 Å². The lowest BCUT2D eigenvalue weighted by atomic mass is 10.1. The smallest absolute Gasteiger partial charge is 0.255 e. The zero-order valence-electron chi connectivity index (χ0n) is 11.1. The monoisotopic (exact) mass is 284 g/mol. The maximum atomic E-state index is 12.2. The number of hydrogen-bond donors (Lipinski definition) is 2. The molecule has 5 heteroatoms. The van der Waals surface area contributed by atoms with Crippen molar-refractivity contribution in [3.05, 3.63) is 29.8 Å². The Bertz CT molecular complexity index is 406. The topological polar surface area (TPSA) is 50.4 Å². The largest absolute Gasteiger partial charge is 0.493 e. The lowest BCUT2D eigenvalue weighted by molar-refractivity contribution is 0.0927. The van der Waals surface area contributed by atoms with Crippen LogP contribution in [0, 0.1) is 0 Å². The van der Waals surface area contributed by atoms with Crippen LogP contribution >= 0.6 is 12.4 Å². The molecule has 2 N–H and O–H groups in total. The van der Waals surface area contributed by atoms with Crippen LogP contribution in [0.1, 0.15) is 30.1 Å². The second kappa shape index (κ2) is 8.02. The number of amides is 1. The Kier molecular flexibility index (Phi) is 6.67. The van der Waals surface area contributed by atoms with E-state index in [1.165, 1.54) is 0 Å². The van der Waals surface area contributed by atoms with Crippen LogP contribution in [0.15, 0.2) is 24.3 Å². The third kappa shape index (κ3) is 4.40. The van der Waals surface area contributed by atoms with Crippen molar-refractivity contribution in [2.45, 2.75) is 25.8 Å². The Labute approximate surface area is 120 Å². The molecule has 1 atom stereocenters. The lowest BCUT2D eigenvalue weighted by Crippen LogP contribution is -2.45. The van der Waals surface area contributed by atoms with Crippen LogP contribution in [0.4, 0.5) is 0 Å². The first-order valence-electron chi connectivity index (χ1n) is 6.54. The van der Waals surface area contributed by atoms with Crippen molar-refractivity contribution in [2.75, 3.05) is 19.7 Å². The minimum Gasteiger partial charge on any atom is -0.493 e. The van der Waals surface area contributed by atoms with E-state index in [0.717, 1.165) is 25.9 Å². The summed E-state index contributed by atoms with van der Waals surface area (Å²) in [7, 11) is 0. The average Bonchev–Trinajstić information content (AvgIpc) is 2.41. The molecule has 1 amide bonds. The Morgan fingerprint density at radius 2 is 2.26 bits per heavy atom. The third-order valence-electron chi connectivity index (χ3n) is 3.06. The van der Waals surface area contributed by atoms with Gasteiger partial charge in [-0.25, -0.2) is 0 Å². The molecule has 1 saturated heterocycles. The summed E-state index contributed by atoms with van der Waals surface area (Å²) in [6, 6.07) is 7.59. The summed E-state index contributed by atoms with van der Waals surface area (Å²) < 4.78 is 5.47. The van der Waals surface area contributed by atoms with Crippen LogP contribution in [-0.4, -0.2) is 31.6 Å². The highest BCUT2D eigenvalue weighted by molar-refractivity contribution is 5.97. The summed E-state index contributed by atoms with van der Waals surface area (Å²) in [5, 5.41) is 6.34. The molecule has 0 radical (unpaired) electrons. The molecule has 4 nitrogen and oxygen atoms in total. The van der Waals surface area contributed by atoms with Crippen LogP contribution in [-0.2, 0) is 0 Å². The quantitative estimate of drug-likeness (QED) is 0.889. The lowest BCUT2D eigenvalue weighted by Gasteiger charge is -2.24. The summed E-state index contributed by atoms with van der Waals surface area (Å²) in [5.41, 5.74) is 0.616. The number of nitrogens with one attached hydrogen (secondary N) is 2. The number of rotatable bonds is 4. The molecule has 1 fully saturated rings. The predicted molar refractivity (Wildman–Crippen MR) is 78.2 cm³/mol. The molecule has 1 aromatic carbocycles. The van der Waals surface area contributed by atoms with Crippen LogP contribution in [0.2, 0.25) is 0 Å². The molecule has 1 aliphatic heterocycles. The maximum Gasteiger partial charge on any atom is 0.255 e.